The Kier molecular flexibility index (Phi) is 5.45. The summed E-state index contributed by atoms with van der Waals surface area (Å²) in [5.41, 5.74) is -0.426. The molecule has 1 heterocycles. The van der Waals surface area contributed by atoms with E-state index in [1.807, 2.05) is 32.9 Å². The highest BCUT2D eigenvalue weighted by atomic mass is 35.5. The number of halogens is 2. The van der Waals surface area contributed by atoms with Gasteiger partial charge in [0.1, 0.15) is 5.60 Å². The highest BCUT2D eigenvalue weighted by Crippen LogP contribution is 2.69. The van der Waals surface area contributed by atoms with E-state index in [2.05, 4.69) is 0 Å². The minimum Gasteiger partial charge on any atom is -0.444 e. The fraction of sp³-hybridized carbons (Fsp3) is 0.632. The Labute approximate surface area is 176 Å². The van der Waals surface area contributed by atoms with Crippen LogP contribution in [0.3, 0.4) is 0 Å². The molecule has 0 spiro atoms. The van der Waals surface area contributed by atoms with Crippen LogP contribution in [0.1, 0.15) is 39.2 Å². The molecule has 1 aromatic carbocycles. The van der Waals surface area contributed by atoms with E-state index in [-0.39, 0.29) is 12.0 Å². The molecular formula is C19H25Cl2NO5S. The number of piperidine rings is 1. The molecule has 2 atom stereocenters. The molecule has 0 unspecified atom stereocenters. The van der Waals surface area contributed by atoms with E-state index in [9.17, 15) is 13.2 Å². The van der Waals surface area contributed by atoms with Crippen LogP contribution in [-0.4, -0.2) is 51.0 Å². The van der Waals surface area contributed by atoms with E-state index in [0.29, 0.717) is 36.0 Å². The molecule has 156 valence electrons. The van der Waals surface area contributed by atoms with Crippen molar-refractivity contribution in [2.75, 3.05) is 26.0 Å². The minimum absolute atomic E-state index is 0.00533. The third kappa shape index (κ3) is 4.27. The van der Waals surface area contributed by atoms with E-state index < -0.39 is 27.2 Å². The molecule has 0 N–H and O–H groups in total. The molecule has 0 bridgehead atoms. The van der Waals surface area contributed by atoms with E-state index in [0.717, 1.165) is 11.8 Å². The number of ether oxygens (including phenoxy) is 1. The number of fused-ring (bicyclic) bond motifs is 1. The number of amides is 1. The van der Waals surface area contributed by atoms with Crippen molar-refractivity contribution in [2.24, 2.45) is 5.41 Å². The van der Waals surface area contributed by atoms with Gasteiger partial charge in [0, 0.05) is 23.9 Å². The number of benzene rings is 1. The van der Waals surface area contributed by atoms with Crippen LogP contribution in [0.4, 0.5) is 4.79 Å². The van der Waals surface area contributed by atoms with Crippen LogP contribution < -0.4 is 0 Å². The van der Waals surface area contributed by atoms with Gasteiger partial charge in [-0.25, -0.2) is 4.79 Å². The van der Waals surface area contributed by atoms with Gasteiger partial charge in [0.2, 0.25) is 0 Å². The first-order valence-electron chi connectivity index (χ1n) is 9.05. The summed E-state index contributed by atoms with van der Waals surface area (Å²) >= 11 is 12.3. The first kappa shape index (κ1) is 21.7. The van der Waals surface area contributed by atoms with Crippen molar-refractivity contribution in [2.45, 2.75) is 44.6 Å². The molecule has 1 saturated heterocycles. The zero-order valence-electron chi connectivity index (χ0n) is 16.4. The molecule has 0 aromatic heterocycles. The Morgan fingerprint density at radius 1 is 1.25 bits per heavy atom. The topological polar surface area (TPSA) is 72.9 Å². The number of hydrogen-bond donors (Lipinski definition) is 0. The van der Waals surface area contributed by atoms with Crippen molar-refractivity contribution >= 4 is 39.4 Å². The van der Waals surface area contributed by atoms with Crippen LogP contribution in [0.25, 0.3) is 0 Å². The number of likely N-dealkylation sites (tertiary alicyclic amines) is 1. The molecule has 0 radical (unpaired) electrons. The highest BCUT2D eigenvalue weighted by Gasteiger charge is 2.70. The number of nitrogens with zero attached hydrogens (tertiary/aromatic N) is 1. The Morgan fingerprint density at radius 3 is 2.50 bits per heavy atom. The molecule has 1 aromatic rings. The molecular weight excluding hydrogens is 425 g/mol. The molecule has 2 aliphatic rings. The molecule has 1 aliphatic heterocycles. The Balaban J connectivity index is 1.89. The summed E-state index contributed by atoms with van der Waals surface area (Å²) in [4.78, 5) is 14.2. The normalized spacial score (nSPS) is 27.3. The van der Waals surface area contributed by atoms with Gasteiger partial charge in [0.05, 0.1) is 22.9 Å². The number of rotatable bonds is 4. The summed E-state index contributed by atoms with van der Waals surface area (Å²) in [6, 6.07) is 5.49. The smallest absolute Gasteiger partial charge is 0.410 e. The maximum Gasteiger partial charge on any atom is 0.410 e. The van der Waals surface area contributed by atoms with Gasteiger partial charge in [0.25, 0.3) is 10.1 Å². The summed E-state index contributed by atoms with van der Waals surface area (Å²) in [6.07, 6.45) is 1.99. The third-order valence-corrected chi connectivity index (χ3v) is 6.79. The predicted molar refractivity (Wildman–Crippen MR) is 108 cm³/mol. The second-order valence-electron chi connectivity index (χ2n) is 8.79. The fourth-order valence-corrected chi connectivity index (χ4v) is 4.89. The van der Waals surface area contributed by atoms with E-state index in [1.165, 1.54) is 0 Å². The summed E-state index contributed by atoms with van der Waals surface area (Å²) in [5, 5.41) is 0.916. The minimum atomic E-state index is -3.61. The number of carbonyl (C=O) groups is 1. The van der Waals surface area contributed by atoms with Crippen molar-refractivity contribution in [1.29, 1.82) is 0 Å². The van der Waals surface area contributed by atoms with Crippen molar-refractivity contribution in [3.05, 3.63) is 33.8 Å². The SMILES string of the molecule is CC(C)(C)OC(=O)N1CC[C@]2(c3ccc(Cl)c(Cl)c3)C[C@]2(COS(C)(=O)=O)C1. The second kappa shape index (κ2) is 7.04. The first-order valence-corrected chi connectivity index (χ1v) is 11.6. The van der Waals surface area contributed by atoms with Crippen molar-refractivity contribution < 1.29 is 22.1 Å². The lowest BCUT2D eigenvalue weighted by atomic mass is 9.80. The molecule has 1 aliphatic carbocycles. The molecule has 3 rings (SSSR count). The zero-order valence-corrected chi connectivity index (χ0v) is 18.7. The maximum absolute atomic E-state index is 12.6. The van der Waals surface area contributed by atoms with Crippen molar-refractivity contribution in [3.63, 3.8) is 0 Å². The highest BCUT2D eigenvalue weighted by molar-refractivity contribution is 7.85. The van der Waals surface area contributed by atoms with Gasteiger partial charge in [-0.15, -0.1) is 0 Å². The largest absolute Gasteiger partial charge is 0.444 e. The van der Waals surface area contributed by atoms with Gasteiger partial charge in [-0.05, 0) is 51.3 Å². The van der Waals surface area contributed by atoms with Crippen LogP contribution in [0.15, 0.2) is 18.2 Å². The number of carbonyl (C=O) groups excluding carboxylic acids is 1. The maximum atomic E-state index is 12.6. The molecule has 2 fully saturated rings. The van der Waals surface area contributed by atoms with Gasteiger partial charge in [-0.3, -0.25) is 4.18 Å². The lowest BCUT2D eigenvalue weighted by Crippen LogP contribution is -2.48. The van der Waals surface area contributed by atoms with E-state index in [1.54, 1.807) is 11.0 Å². The van der Waals surface area contributed by atoms with Gasteiger partial charge < -0.3 is 9.64 Å². The summed E-state index contributed by atoms with van der Waals surface area (Å²) in [5.74, 6) is 0. The van der Waals surface area contributed by atoms with Crippen molar-refractivity contribution in [3.8, 4) is 0 Å². The van der Waals surface area contributed by atoms with Crippen LogP contribution in [0, 0.1) is 5.41 Å². The summed E-state index contributed by atoms with van der Waals surface area (Å²) in [7, 11) is -3.61. The lowest BCUT2D eigenvalue weighted by Gasteiger charge is -2.38. The Bertz CT molecular complexity index is 898. The van der Waals surface area contributed by atoms with Crippen LogP contribution in [0.2, 0.25) is 10.0 Å². The van der Waals surface area contributed by atoms with Gasteiger partial charge in [-0.2, -0.15) is 8.42 Å². The van der Waals surface area contributed by atoms with Crippen molar-refractivity contribution in [1.82, 2.24) is 4.90 Å². The van der Waals surface area contributed by atoms with Gasteiger partial charge >= 0.3 is 6.09 Å². The fourth-order valence-electron chi connectivity index (χ4n) is 4.15. The summed E-state index contributed by atoms with van der Waals surface area (Å²) in [6.45, 7) is 6.32. The predicted octanol–water partition coefficient (Wildman–Crippen LogP) is 4.24. The second-order valence-corrected chi connectivity index (χ2v) is 11.2. The standard InChI is InChI=1S/C19H25Cl2NO5S/c1-17(2,3)27-16(23)22-8-7-19(13-5-6-14(20)15(21)9-13)10-18(19,11-22)12-26-28(4,24)25/h5-6,9H,7-8,10-12H2,1-4H3/t18-,19-/m1/s1. The van der Waals surface area contributed by atoms with Gasteiger partial charge in [0.15, 0.2) is 0 Å². The van der Waals surface area contributed by atoms with Crippen LogP contribution >= 0.6 is 23.2 Å². The Hall–Kier alpha value is -1.02. The van der Waals surface area contributed by atoms with E-state index >= 15 is 0 Å². The molecule has 1 saturated carbocycles. The number of hydrogen-bond acceptors (Lipinski definition) is 5. The monoisotopic (exact) mass is 449 g/mol. The molecule has 6 nitrogen and oxygen atoms in total. The van der Waals surface area contributed by atoms with E-state index in [4.69, 9.17) is 32.1 Å². The average Bonchev–Trinajstić information content (AvgIpc) is 3.23. The Morgan fingerprint density at radius 2 is 1.93 bits per heavy atom. The molecule has 9 heteroatoms. The first-order chi connectivity index (χ1) is 12.8. The van der Waals surface area contributed by atoms with Crippen LogP contribution in [-0.2, 0) is 24.5 Å². The van der Waals surface area contributed by atoms with Crippen LogP contribution in [0.5, 0.6) is 0 Å². The van der Waals surface area contributed by atoms with Gasteiger partial charge in [-0.1, -0.05) is 29.3 Å². The third-order valence-electron chi connectivity index (χ3n) is 5.51. The molecule has 28 heavy (non-hydrogen) atoms. The molecule has 1 amide bonds. The zero-order chi connectivity index (χ0) is 21.0. The summed E-state index contributed by atoms with van der Waals surface area (Å²) < 4.78 is 33.9. The average molecular weight is 450 g/mol. The lowest BCUT2D eigenvalue weighted by molar-refractivity contribution is 0.0104. The quantitative estimate of drug-likeness (QED) is 0.642.